The van der Waals surface area contributed by atoms with Crippen LogP contribution in [0.1, 0.15) is 11.3 Å². The number of halogens is 3. The number of fused-ring (bicyclic) bond motifs is 1. The summed E-state index contributed by atoms with van der Waals surface area (Å²) in [7, 11) is 1.77. The fourth-order valence-corrected chi connectivity index (χ4v) is 1.53. The lowest BCUT2D eigenvalue weighted by Crippen LogP contribution is -2.04. The van der Waals surface area contributed by atoms with Crippen molar-refractivity contribution in [1.82, 2.24) is 5.32 Å². The lowest BCUT2D eigenvalue weighted by atomic mass is 10.1. The van der Waals surface area contributed by atoms with E-state index in [0.717, 1.165) is 11.6 Å². The molecule has 0 unspecified atom stereocenters. The van der Waals surface area contributed by atoms with E-state index in [9.17, 15) is 13.2 Å². The molecular weight excluding hydrogens is 219 g/mol. The fourth-order valence-electron chi connectivity index (χ4n) is 1.53. The van der Waals surface area contributed by atoms with Crippen LogP contribution in [-0.2, 0) is 12.7 Å². The topological polar surface area (TPSA) is 25.2 Å². The van der Waals surface area contributed by atoms with Gasteiger partial charge in [-0.25, -0.2) is 0 Å². The Morgan fingerprint density at radius 3 is 2.62 bits per heavy atom. The highest BCUT2D eigenvalue weighted by Crippen LogP contribution is 2.33. The van der Waals surface area contributed by atoms with Gasteiger partial charge in [-0.15, -0.1) is 0 Å². The van der Waals surface area contributed by atoms with E-state index in [0.29, 0.717) is 11.9 Å². The molecular formula is C11H10F3NO. The van der Waals surface area contributed by atoms with Crippen molar-refractivity contribution in [3.05, 3.63) is 35.6 Å². The van der Waals surface area contributed by atoms with E-state index in [1.54, 1.807) is 25.2 Å². The summed E-state index contributed by atoms with van der Waals surface area (Å²) in [4.78, 5) is 0. The molecule has 0 aliphatic carbocycles. The van der Waals surface area contributed by atoms with Crippen LogP contribution in [0.15, 0.2) is 28.7 Å². The molecule has 0 radical (unpaired) electrons. The third-order valence-electron chi connectivity index (χ3n) is 2.24. The van der Waals surface area contributed by atoms with E-state index in [4.69, 9.17) is 4.42 Å². The van der Waals surface area contributed by atoms with Crippen LogP contribution >= 0.6 is 0 Å². The summed E-state index contributed by atoms with van der Waals surface area (Å²) in [5.41, 5.74) is 1.15. The van der Waals surface area contributed by atoms with Crippen LogP contribution in [0.4, 0.5) is 13.2 Å². The van der Waals surface area contributed by atoms with Crippen molar-refractivity contribution in [3.63, 3.8) is 0 Å². The zero-order valence-electron chi connectivity index (χ0n) is 8.56. The number of furan rings is 1. The average Bonchev–Trinajstić information content (AvgIpc) is 2.60. The van der Waals surface area contributed by atoms with Crippen LogP contribution in [0.25, 0.3) is 11.0 Å². The monoisotopic (exact) mass is 229 g/mol. The number of hydrogen-bond acceptors (Lipinski definition) is 2. The van der Waals surface area contributed by atoms with E-state index in [2.05, 4.69) is 5.32 Å². The van der Waals surface area contributed by atoms with Crippen molar-refractivity contribution in [2.75, 3.05) is 7.05 Å². The Balaban J connectivity index is 2.46. The quantitative estimate of drug-likeness (QED) is 0.855. The second-order valence-electron chi connectivity index (χ2n) is 3.51. The number of benzene rings is 1. The van der Waals surface area contributed by atoms with Gasteiger partial charge in [-0.3, -0.25) is 0 Å². The van der Waals surface area contributed by atoms with Crippen molar-refractivity contribution in [1.29, 1.82) is 0 Å². The molecule has 0 atom stereocenters. The molecule has 1 aromatic carbocycles. The second kappa shape index (κ2) is 3.83. The lowest BCUT2D eigenvalue weighted by molar-refractivity contribution is -0.152. The van der Waals surface area contributed by atoms with Gasteiger partial charge in [0.15, 0.2) is 0 Å². The molecule has 1 aromatic heterocycles. The first kappa shape index (κ1) is 11.0. The molecule has 2 aromatic rings. The Morgan fingerprint density at radius 1 is 1.25 bits per heavy atom. The number of nitrogens with one attached hydrogen (secondary N) is 1. The van der Waals surface area contributed by atoms with Crippen molar-refractivity contribution < 1.29 is 17.6 Å². The molecule has 1 heterocycles. The lowest BCUT2D eigenvalue weighted by Gasteiger charge is -1.99. The molecule has 0 spiro atoms. The standard InChI is InChI=1S/C11H10F3NO/c1-15-6-7-2-3-8-5-10(11(12,13)14)16-9(8)4-7/h2-5,15H,6H2,1H3. The highest BCUT2D eigenvalue weighted by molar-refractivity contribution is 5.78. The zero-order valence-corrected chi connectivity index (χ0v) is 8.56. The maximum atomic E-state index is 12.4. The van der Waals surface area contributed by atoms with E-state index in [1.165, 1.54) is 0 Å². The Hall–Kier alpha value is -1.49. The van der Waals surface area contributed by atoms with Gasteiger partial charge in [0, 0.05) is 11.9 Å². The molecule has 2 rings (SSSR count). The van der Waals surface area contributed by atoms with Gasteiger partial charge in [0.05, 0.1) is 0 Å². The normalized spacial score (nSPS) is 12.2. The summed E-state index contributed by atoms with van der Waals surface area (Å²) < 4.78 is 41.9. The smallest absolute Gasteiger partial charge is 0.449 e. The summed E-state index contributed by atoms with van der Waals surface area (Å²) in [6, 6.07) is 6.02. The predicted octanol–water partition coefficient (Wildman–Crippen LogP) is 3.17. The Labute approximate surface area is 90.0 Å². The van der Waals surface area contributed by atoms with E-state index < -0.39 is 11.9 Å². The molecule has 86 valence electrons. The third-order valence-corrected chi connectivity index (χ3v) is 2.24. The largest absolute Gasteiger partial charge is 0.451 e. The SMILES string of the molecule is CNCc1ccc2cc(C(F)(F)F)oc2c1. The van der Waals surface area contributed by atoms with E-state index in [-0.39, 0.29) is 5.58 Å². The van der Waals surface area contributed by atoms with Gasteiger partial charge in [-0.2, -0.15) is 13.2 Å². The van der Waals surface area contributed by atoms with Gasteiger partial charge >= 0.3 is 6.18 Å². The molecule has 0 bridgehead atoms. The molecule has 16 heavy (non-hydrogen) atoms. The molecule has 0 saturated carbocycles. The molecule has 1 N–H and O–H groups in total. The number of alkyl halides is 3. The maximum absolute atomic E-state index is 12.4. The van der Waals surface area contributed by atoms with Crippen molar-refractivity contribution in [2.24, 2.45) is 0 Å². The van der Waals surface area contributed by atoms with Gasteiger partial charge in [-0.1, -0.05) is 12.1 Å². The van der Waals surface area contributed by atoms with Crippen molar-refractivity contribution in [2.45, 2.75) is 12.7 Å². The first-order valence-corrected chi connectivity index (χ1v) is 4.75. The molecule has 5 heteroatoms. The summed E-state index contributed by atoms with van der Waals surface area (Å²) in [5.74, 6) is -0.955. The van der Waals surface area contributed by atoms with Crippen LogP contribution in [-0.4, -0.2) is 7.05 Å². The maximum Gasteiger partial charge on any atom is 0.449 e. The minimum absolute atomic E-state index is 0.264. The number of hydrogen-bond donors (Lipinski definition) is 1. The van der Waals surface area contributed by atoms with Crippen LogP contribution in [0.3, 0.4) is 0 Å². The van der Waals surface area contributed by atoms with Crippen molar-refractivity contribution >= 4 is 11.0 Å². The van der Waals surface area contributed by atoms with Gasteiger partial charge < -0.3 is 9.73 Å². The third kappa shape index (κ3) is 2.04. The van der Waals surface area contributed by atoms with Gasteiger partial charge in [0.2, 0.25) is 5.76 Å². The van der Waals surface area contributed by atoms with E-state index in [1.807, 2.05) is 0 Å². The number of rotatable bonds is 2. The van der Waals surface area contributed by atoms with Crippen LogP contribution in [0.5, 0.6) is 0 Å². The molecule has 0 fully saturated rings. The first-order chi connectivity index (χ1) is 7.50. The molecule has 0 aliphatic heterocycles. The predicted molar refractivity (Wildman–Crippen MR) is 54.0 cm³/mol. The first-order valence-electron chi connectivity index (χ1n) is 4.75. The Kier molecular flexibility index (Phi) is 2.63. The summed E-state index contributed by atoms with van der Waals surface area (Å²) in [5, 5.41) is 3.39. The molecule has 0 saturated heterocycles. The Morgan fingerprint density at radius 2 is 2.00 bits per heavy atom. The summed E-state index contributed by atoms with van der Waals surface area (Å²) >= 11 is 0. The van der Waals surface area contributed by atoms with Gasteiger partial charge in [0.1, 0.15) is 5.58 Å². The van der Waals surface area contributed by atoms with Crippen LogP contribution < -0.4 is 5.32 Å². The molecule has 0 amide bonds. The van der Waals surface area contributed by atoms with Crippen LogP contribution in [0, 0.1) is 0 Å². The summed E-state index contributed by atoms with van der Waals surface area (Å²) in [6.07, 6.45) is -4.43. The van der Waals surface area contributed by atoms with Gasteiger partial charge in [0.25, 0.3) is 0 Å². The van der Waals surface area contributed by atoms with Crippen molar-refractivity contribution in [3.8, 4) is 0 Å². The highest BCUT2D eigenvalue weighted by Gasteiger charge is 2.35. The molecule has 2 nitrogen and oxygen atoms in total. The van der Waals surface area contributed by atoms with Crippen LogP contribution in [0.2, 0.25) is 0 Å². The fraction of sp³-hybridized carbons (Fsp3) is 0.273. The van der Waals surface area contributed by atoms with E-state index >= 15 is 0 Å². The van der Waals surface area contributed by atoms with Gasteiger partial charge in [-0.05, 0) is 24.7 Å². The average molecular weight is 229 g/mol. The Bertz CT molecular complexity index is 501. The highest BCUT2D eigenvalue weighted by atomic mass is 19.4. The minimum Gasteiger partial charge on any atom is -0.451 e. The minimum atomic E-state index is -4.43. The summed E-state index contributed by atoms with van der Waals surface area (Å²) in [6.45, 7) is 0.595. The second-order valence-corrected chi connectivity index (χ2v) is 3.51. The zero-order chi connectivity index (χ0) is 11.8. The molecule has 0 aliphatic rings.